The van der Waals surface area contributed by atoms with E-state index in [0.717, 1.165) is 0 Å². The fourth-order valence-corrected chi connectivity index (χ4v) is 0. The molecule has 0 heterocycles. The van der Waals surface area contributed by atoms with Crippen LogP contribution in [0.5, 0.6) is 0 Å². The molecule has 0 aromatic carbocycles. The van der Waals surface area contributed by atoms with Gasteiger partial charge in [-0.05, 0) is 0 Å². The summed E-state index contributed by atoms with van der Waals surface area (Å²) in [6.07, 6.45) is 0. The van der Waals surface area contributed by atoms with E-state index in [9.17, 15) is 0 Å². The van der Waals surface area contributed by atoms with Crippen LogP contribution in [0.1, 0.15) is 1.43 Å². The van der Waals surface area contributed by atoms with Crippen LogP contribution in [-0.2, 0) is 32.0 Å². The first-order chi connectivity index (χ1) is 1.00. The second kappa shape index (κ2) is 19.6. The Kier molecular flexibility index (Phi) is 81.2. The van der Waals surface area contributed by atoms with Crippen LogP contribution in [0.15, 0.2) is 0 Å². The van der Waals surface area contributed by atoms with E-state index in [0.29, 0.717) is 0 Å². The summed E-state index contributed by atoms with van der Waals surface area (Å²) in [4.78, 5) is 0. The summed E-state index contributed by atoms with van der Waals surface area (Å²) in [7, 11) is 3.34. The molecular weight excluding hydrogens is 149 g/mol. The summed E-state index contributed by atoms with van der Waals surface area (Å²) in [6.45, 7) is 0. The van der Waals surface area contributed by atoms with Gasteiger partial charge in [-0.3, -0.25) is 0 Å². The third kappa shape index (κ3) is 8.95. The van der Waals surface area contributed by atoms with E-state index in [1.807, 2.05) is 0 Å². The van der Waals surface area contributed by atoms with Crippen molar-refractivity contribution in [1.29, 1.82) is 0 Å². The summed E-state index contributed by atoms with van der Waals surface area (Å²) in [5, 5.41) is 0. The maximum absolute atomic E-state index is 3.34. The average molecular weight is 150 g/mol. The first-order valence-corrected chi connectivity index (χ1v) is 2.09. The van der Waals surface area contributed by atoms with Gasteiger partial charge in [-0.1, -0.05) is 0 Å². The summed E-state index contributed by atoms with van der Waals surface area (Å²) in [5.41, 5.74) is 0. The first-order valence-electron chi connectivity index (χ1n) is 0.169. The van der Waals surface area contributed by atoms with Crippen molar-refractivity contribution in [2.45, 2.75) is 0 Å². The molecule has 0 radical (unpaired) electrons. The van der Waals surface area contributed by atoms with E-state index in [1.165, 1.54) is 0 Å². The zero-order valence-electron chi connectivity index (χ0n) is 3.18. The molecule has 0 aliphatic carbocycles. The van der Waals surface area contributed by atoms with Crippen LogP contribution >= 0.6 is 7.27 Å². The van der Waals surface area contributed by atoms with E-state index in [1.54, 1.807) is 0 Å². The van der Waals surface area contributed by atoms with Crippen molar-refractivity contribution in [3.8, 4) is 0 Å². The van der Waals surface area contributed by atoms with Gasteiger partial charge in [-0.15, -0.1) is 0 Å². The Bertz CT molecular complexity index is 16.4. The molecule has 0 aliphatic rings. The summed E-state index contributed by atoms with van der Waals surface area (Å²) in [5.74, 6) is 0. The zero-order valence-corrected chi connectivity index (χ0v) is 5.36. The molecule has 0 unspecified atom stereocenters. The van der Waals surface area contributed by atoms with E-state index in [2.05, 4.69) is 22.2 Å². The van der Waals surface area contributed by atoms with Gasteiger partial charge in [0.25, 0.3) is 0 Å². The number of hydrogen-bond acceptors (Lipinski definition) is 0. The third-order valence-corrected chi connectivity index (χ3v) is 0. The van der Waals surface area contributed by atoms with Gasteiger partial charge in [0.1, 0.15) is 0 Å². The van der Waals surface area contributed by atoms with Gasteiger partial charge in [0.2, 0.25) is 0 Å². The SMILES string of the molecule is [Fe].[H-].[Li+].[P]#[Mn]. The molecule has 0 rings (SSSR count). The predicted molar refractivity (Wildman–Crippen MR) is 8.03 cm³/mol. The molecule has 0 saturated heterocycles. The van der Waals surface area contributed by atoms with Crippen molar-refractivity contribution < 1.29 is 52.2 Å². The molecule has 0 nitrogen and oxygen atoms in total. The van der Waals surface area contributed by atoms with Gasteiger partial charge < -0.3 is 1.43 Å². The van der Waals surface area contributed by atoms with Gasteiger partial charge in [0.05, 0.1) is 0 Å². The van der Waals surface area contributed by atoms with Crippen LogP contribution in [0.4, 0.5) is 0 Å². The summed E-state index contributed by atoms with van der Waals surface area (Å²) in [6, 6.07) is 0. The van der Waals surface area contributed by atoms with Crippen molar-refractivity contribution in [3.05, 3.63) is 0 Å². The molecule has 0 aromatic heterocycles. The average Bonchev–Trinajstić information content (AvgIpc) is 1.00. The fourth-order valence-electron chi connectivity index (χ4n) is 0. The molecule has 22 valence electrons. The topological polar surface area (TPSA) is 0 Å². The Hall–Kier alpha value is 2.07. The van der Waals surface area contributed by atoms with Crippen molar-refractivity contribution in [2.24, 2.45) is 0 Å². The van der Waals surface area contributed by atoms with E-state index in [4.69, 9.17) is 0 Å². The Morgan fingerprint density at radius 1 is 1.50 bits per heavy atom. The third-order valence-electron chi connectivity index (χ3n) is 0. The van der Waals surface area contributed by atoms with Gasteiger partial charge in [-0.25, -0.2) is 0 Å². The van der Waals surface area contributed by atoms with E-state index >= 15 is 0 Å². The first kappa shape index (κ1) is 16.6. The van der Waals surface area contributed by atoms with Crippen molar-refractivity contribution in [2.75, 3.05) is 0 Å². The number of rotatable bonds is 0. The van der Waals surface area contributed by atoms with Crippen LogP contribution < -0.4 is 18.9 Å². The molecule has 4 heteroatoms. The molecule has 0 aliphatic heterocycles. The normalized spacial score (nSPS) is 0.750. The molecule has 0 saturated carbocycles. The molecule has 0 amide bonds. The van der Waals surface area contributed by atoms with Gasteiger partial charge in [-0.2, -0.15) is 0 Å². The Labute approximate surface area is 59.3 Å². The van der Waals surface area contributed by atoms with Gasteiger partial charge in [0.15, 0.2) is 0 Å². The van der Waals surface area contributed by atoms with Crippen LogP contribution in [0.3, 0.4) is 0 Å². The maximum atomic E-state index is 3.34. The van der Waals surface area contributed by atoms with E-state index in [-0.39, 0.29) is 37.4 Å². The molecule has 0 bridgehead atoms. The Morgan fingerprint density at radius 2 is 1.50 bits per heavy atom. The monoisotopic (exact) mass is 150 g/mol. The summed E-state index contributed by atoms with van der Waals surface area (Å²) >= 11 is 2.63. The van der Waals surface area contributed by atoms with Crippen molar-refractivity contribution >= 4 is 7.27 Å². The molecule has 0 fully saturated rings. The molecule has 0 spiro atoms. The zero-order chi connectivity index (χ0) is 2.00. The van der Waals surface area contributed by atoms with Crippen molar-refractivity contribution in [3.63, 3.8) is 0 Å². The summed E-state index contributed by atoms with van der Waals surface area (Å²) < 4.78 is 0. The molecule has 0 atom stereocenters. The predicted octanol–water partition coefficient (Wildman–Crippen LogP) is -2.03. The van der Waals surface area contributed by atoms with Crippen molar-refractivity contribution in [1.82, 2.24) is 0 Å². The Morgan fingerprint density at radius 3 is 1.50 bits per heavy atom. The van der Waals surface area contributed by atoms with Crippen LogP contribution in [0.25, 0.3) is 0 Å². The van der Waals surface area contributed by atoms with E-state index < -0.39 is 0 Å². The minimum atomic E-state index is 0. The Balaban J connectivity index is -0.00000000167. The van der Waals surface area contributed by atoms with Crippen LogP contribution in [-0.4, -0.2) is 0 Å². The molecular formula is HFeLiMnP. The molecule has 0 aromatic rings. The molecule has 0 N–H and O–H groups in total. The van der Waals surface area contributed by atoms with Gasteiger partial charge in [0, 0.05) is 17.1 Å². The quantitative estimate of drug-likeness (QED) is 0.276. The standard InChI is InChI=1S/Fe.Li.Mn.P.H/q;+1;;;-1. The van der Waals surface area contributed by atoms with Gasteiger partial charge >= 0.3 is 41.0 Å². The minimum absolute atomic E-state index is 0. The van der Waals surface area contributed by atoms with Crippen LogP contribution in [0, 0.1) is 0 Å². The molecule has 4 heavy (non-hydrogen) atoms. The second-order valence-electron chi connectivity index (χ2n) is 0. The fraction of sp³-hybridized carbons (Fsp3) is 0. The van der Waals surface area contributed by atoms with Crippen LogP contribution in [0.2, 0.25) is 0 Å². The second-order valence-corrected chi connectivity index (χ2v) is 0. The number of hydrogen-bond donors (Lipinski definition) is 0.